The molecule has 0 N–H and O–H groups in total. The monoisotopic (exact) mass is 676 g/mol. The van der Waals surface area contributed by atoms with Crippen LogP contribution in [0.5, 0.6) is 0 Å². The van der Waals surface area contributed by atoms with E-state index in [4.69, 9.17) is 18.5 Å². The van der Waals surface area contributed by atoms with Crippen LogP contribution in [0, 0.1) is 0 Å². The average molecular weight is 676 g/mol. The molecule has 0 amide bonds. The quantitative estimate of drug-likeness (QED) is 0.0217. The Morgan fingerprint density at radius 3 is 1.65 bits per heavy atom. The molecule has 0 bridgehead atoms. The SMILES string of the molecule is CCCCCCC/C=C\CCCCCCCC(=O)OC(COCCCCCCCCCCCC)COP(=O)([O-])OCC[N+](C)(C)C. The summed E-state index contributed by atoms with van der Waals surface area (Å²) in [5.41, 5.74) is 0. The number of hydrogen-bond donors (Lipinski definition) is 0. The first-order valence-electron chi connectivity index (χ1n) is 18.9. The van der Waals surface area contributed by atoms with Crippen LogP contribution in [0.4, 0.5) is 0 Å². The number of esters is 1. The molecule has 46 heavy (non-hydrogen) atoms. The third-order valence-corrected chi connectivity index (χ3v) is 9.03. The number of hydrogen-bond acceptors (Lipinski definition) is 7. The van der Waals surface area contributed by atoms with Crippen LogP contribution in [-0.4, -0.2) is 70.7 Å². The Kier molecular flexibility index (Phi) is 31.0. The number of quaternary nitrogens is 1. The standard InChI is InChI=1S/C37H74NO7P/c1-6-8-10-12-14-16-18-19-20-21-22-24-26-28-30-37(39)45-36(35-44-46(40,41)43-33-31-38(3,4)5)34-42-32-29-27-25-23-17-15-13-11-9-7-2/h18-19,36H,6-17,20-35H2,1-5H3/b19-18-. The highest BCUT2D eigenvalue weighted by molar-refractivity contribution is 7.45. The molecular formula is C37H74NO7P. The van der Waals surface area contributed by atoms with Crippen LogP contribution in [0.15, 0.2) is 12.2 Å². The number of phosphoric ester groups is 1. The summed E-state index contributed by atoms with van der Waals surface area (Å²) in [6, 6.07) is 0. The topological polar surface area (TPSA) is 94.1 Å². The van der Waals surface area contributed by atoms with E-state index in [0.29, 0.717) is 24.1 Å². The molecule has 0 heterocycles. The largest absolute Gasteiger partial charge is 0.756 e. The highest BCUT2D eigenvalue weighted by Gasteiger charge is 2.20. The first-order valence-corrected chi connectivity index (χ1v) is 20.4. The molecule has 0 aliphatic heterocycles. The van der Waals surface area contributed by atoms with Gasteiger partial charge < -0.3 is 27.9 Å². The van der Waals surface area contributed by atoms with Gasteiger partial charge in [0.05, 0.1) is 34.4 Å². The van der Waals surface area contributed by atoms with E-state index in [1.807, 2.05) is 21.1 Å². The molecule has 0 rings (SSSR count). The lowest BCUT2D eigenvalue weighted by Crippen LogP contribution is -2.37. The zero-order valence-corrected chi connectivity index (χ0v) is 31.7. The van der Waals surface area contributed by atoms with E-state index in [-0.39, 0.29) is 25.8 Å². The maximum atomic E-state index is 12.6. The minimum Gasteiger partial charge on any atom is -0.756 e. The highest BCUT2D eigenvalue weighted by atomic mass is 31.2. The van der Waals surface area contributed by atoms with Crippen LogP contribution < -0.4 is 4.89 Å². The molecule has 274 valence electrons. The number of ether oxygens (including phenoxy) is 2. The summed E-state index contributed by atoms with van der Waals surface area (Å²) >= 11 is 0. The van der Waals surface area contributed by atoms with E-state index in [2.05, 4.69) is 26.0 Å². The van der Waals surface area contributed by atoms with Crippen molar-refractivity contribution in [3.05, 3.63) is 12.2 Å². The summed E-state index contributed by atoms with van der Waals surface area (Å²) in [5.74, 6) is -0.343. The summed E-state index contributed by atoms with van der Waals surface area (Å²) in [4.78, 5) is 24.9. The summed E-state index contributed by atoms with van der Waals surface area (Å²) in [7, 11) is 1.36. The molecular weight excluding hydrogens is 601 g/mol. The molecule has 0 radical (unpaired) electrons. The molecule has 2 unspecified atom stereocenters. The third kappa shape index (κ3) is 34.6. The van der Waals surface area contributed by atoms with E-state index >= 15 is 0 Å². The van der Waals surface area contributed by atoms with E-state index < -0.39 is 13.9 Å². The predicted octanol–water partition coefficient (Wildman–Crippen LogP) is 9.69. The summed E-state index contributed by atoms with van der Waals surface area (Å²) in [6.45, 7) is 5.39. The Labute approximate surface area is 284 Å². The lowest BCUT2D eigenvalue weighted by molar-refractivity contribution is -0.870. The van der Waals surface area contributed by atoms with E-state index in [1.165, 1.54) is 96.3 Å². The van der Waals surface area contributed by atoms with Crippen molar-refractivity contribution < 1.29 is 37.3 Å². The van der Waals surface area contributed by atoms with Crippen LogP contribution in [0.3, 0.4) is 0 Å². The highest BCUT2D eigenvalue weighted by Crippen LogP contribution is 2.38. The van der Waals surface area contributed by atoms with E-state index in [9.17, 15) is 14.3 Å². The van der Waals surface area contributed by atoms with Crippen molar-refractivity contribution in [2.24, 2.45) is 0 Å². The minimum atomic E-state index is -4.51. The van der Waals surface area contributed by atoms with Crippen molar-refractivity contribution in [1.82, 2.24) is 0 Å². The Balaban J connectivity index is 4.30. The van der Waals surface area contributed by atoms with Gasteiger partial charge in [-0.3, -0.25) is 9.36 Å². The molecule has 2 atom stereocenters. The van der Waals surface area contributed by atoms with Crippen molar-refractivity contribution in [2.75, 3.05) is 54.1 Å². The molecule has 0 aromatic carbocycles. The van der Waals surface area contributed by atoms with Crippen molar-refractivity contribution in [2.45, 2.75) is 168 Å². The normalized spacial score (nSPS) is 14.1. The summed E-state index contributed by atoms with van der Waals surface area (Å²) < 4.78 is 34.4. The number of phosphoric acid groups is 1. The van der Waals surface area contributed by atoms with Gasteiger partial charge in [0.1, 0.15) is 19.3 Å². The van der Waals surface area contributed by atoms with Crippen LogP contribution in [0.1, 0.15) is 162 Å². The fourth-order valence-electron chi connectivity index (χ4n) is 5.07. The number of likely N-dealkylation sites (N-methyl/N-ethyl adjacent to an activating group) is 1. The van der Waals surface area contributed by atoms with Gasteiger partial charge in [-0.25, -0.2) is 0 Å². The second-order valence-corrected chi connectivity index (χ2v) is 15.4. The Morgan fingerprint density at radius 2 is 1.13 bits per heavy atom. The van der Waals surface area contributed by atoms with Gasteiger partial charge in [0.2, 0.25) is 0 Å². The molecule has 9 heteroatoms. The number of nitrogens with zero attached hydrogens (tertiary/aromatic N) is 1. The van der Waals surface area contributed by atoms with Gasteiger partial charge in [-0.15, -0.1) is 0 Å². The van der Waals surface area contributed by atoms with E-state index in [1.54, 1.807) is 0 Å². The molecule has 0 aromatic heterocycles. The number of unbranched alkanes of at least 4 members (excludes halogenated alkanes) is 19. The van der Waals surface area contributed by atoms with Crippen molar-refractivity contribution >= 4 is 13.8 Å². The second kappa shape index (κ2) is 31.5. The molecule has 0 saturated heterocycles. The number of carbonyl (C=O) groups is 1. The van der Waals surface area contributed by atoms with Crippen molar-refractivity contribution in [3.8, 4) is 0 Å². The average Bonchev–Trinajstić information content (AvgIpc) is 2.99. The lowest BCUT2D eigenvalue weighted by atomic mass is 10.1. The molecule has 8 nitrogen and oxygen atoms in total. The Bertz CT molecular complexity index is 756. The first kappa shape index (κ1) is 45.2. The molecule has 0 spiro atoms. The van der Waals surface area contributed by atoms with Crippen LogP contribution in [-0.2, 0) is 27.9 Å². The maximum absolute atomic E-state index is 12.6. The molecule has 0 aliphatic carbocycles. The fraction of sp³-hybridized carbons (Fsp3) is 0.919. The van der Waals surface area contributed by atoms with Gasteiger partial charge in [-0.1, -0.05) is 129 Å². The molecule has 0 saturated carbocycles. The predicted molar refractivity (Wildman–Crippen MR) is 190 cm³/mol. The van der Waals surface area contributed by atoms with Gasteiger partial charge in [-0.05, 0) is 38.5 Å². The zero-order valence-electron chi connectivity index (χ0n) is 30.8. The summed E-state index contributed by atoms with van der Waals surface area (Å²) in [6.07, 6.45) is 30.7. The van der Waals surface area contributed by atoms with Crippen LogP contribution in [0.2, 0.25) is 0 Å². The van der Waals surface area contributed by atoms with Gasteiger partial charge in [0.25, 0.3) is 7.82 Å². The fourth-order valence-corrected chi connectivity index (χ4v) is 5.80. The Hall–Kier alpha value is -0.760. The number of allylic oxidation sites excluding steroid dienone is 2. The molecule has 0 aliphatic rings. The smallest absolute Gasteiger partial charge is 0.306 e. The van der Waals surface area contributed by atoms with Crippen molar-refractivity contribution in [1.29, 1.82) is 0 Å². The molecule has 0 fully saturated rings. The van der Waals surface area contributed by atoms with Crippen LogP contribution >= 0.6 is 7.82 Å². The number of rotatable bonds is 35. The Morgan fingerprint density at radius 1 is 0.652 bits per heavy atom. The van der Waals surface area contributed by atoms with Crippen LogP contribution in [0.25, 0.3) is 0 Å². The minimum absolute atomic E-state index is 0.0272. The second-order valence-electron chi connectivity index (χ2n) is 13.9. The van der Waals surface area contributed by atoms with E-state index in [0.717, 1.165) is 44.9 Å². The third-order valence-electron chi connectivity index (χ3n) is 8.07. The lowest BCUT2D eigenvalue weighted by Gasteiger charge is -2.28. The summed E-state index contributed by atoms with van der Waals surface area (Å²) in [5, 5.41) is 0. The number of carbonyl (C=O) groups excluding carboxylic acids is 1. The molecule has 0 aromatic rings. The van der Waals surface area contributed by atoms with Gasteiger partial charge >= 0.3 is 5.97 Å². The first-order chi connectivity index (χ1) is 22.1. The zero-order chi connectivity index (χ0) is 34.2. The van der Waals surface area contributed by atoms with Gasteiger partial charge in [0, 0.05) is 13.0 Å². The van der Waals surface area contributed by atoms with Gasteiger partial charge in [0.15, 0.2) is 0 Å². The van der Waals surface area contributed by atoms with Crippen molar-refractivity contribution in [3.63, 3.8) is 0 Å². The maximum Gasteiger partial charge on any atom is 0.306 e. The van der Waals surface area contributed by atoms with Gasteiger partial charge in [-0.2, -0.15) is 0 Å².